The van der Waals surface area contributed by atoms with Crippen LogP contribution in [0.4, 0.5) is 9.18 Å². The molecule has 0 aromatic heterocycles. The molecule has 1 saturated heterocycles. The van der Waals surface area contributed by atoms with Crippen LogP contribution in [-0.4, -0.2) is 36.2 Å². The average Bonchev–Trinajstić information content (AvgIpc) is 2.73. The van der Waals surface area contributed by atoms with E-state index < -0.39 is 6.09 Å². The summed E-state index contributed by atoms with van der Waals surface area (Å²) in [4.78, 5) is 12.8. The van der Waals surface area contributed by atoms with Gasteiger partial charge in [-0.2, -0.15) is 0 Å². The van der Waals surface area contributed by atoms with Crippen molar-refractivity contribution in [3.8, 4) is 0 Å². The highest BCUT2D eigenvalue weighted by molar-refractivity contribution is 5.66. The standard InChI is InChI=1S/C14H19FN2O2/c1-9-7-11(15)3-4-12(9)13-10(8-16-2)5-6-17(13)14(18)19/h3-4,7,10,13,16H,5-6,8H2,1-2H3,(H,18,19). The number of aryl methyl sites for hydroxylation is 1. The van der Waals surface area contributed by atoms with Gasteiger partial charge < -0.3 is 15.3 Å². The topological polar surface area (TPSA) is 52.6 Å². The number of likely N-dealkylation sites (tertiary alicyclic amines) is 1. The van der Waals surface area contributed by atoms with Crippen molar-refractivity contribution in [2.24, 2.45) is 5.92 Å². The lowest BCUT2D eigenvalue weighted by Crippen LogP contribution is -2.33. The Hall–Kier alpha value is -1.62. The van der Waals surface area contributed by atoms with Crippen LogP contribution in [0.1, 0.15) is 23.6 Å². The summed E-state index contributed by atoms with van der Waals surface area (Å²) in [5, 5.41) is 12.4. The van der Waals surface area contributed by atoms with Crippen molar-refractivity contribution in [2.75, 3.05) is 20.1 Å². The molecule has 0 saturated carbocycles. The summed E-state index contributed by atoms with van der Waals surface area (Å²) in [5.41, 5.74) is 1.71. The molecule has 4 nitrogen and oxygen atoms in total. The van der Waals surface area contributed by atoms with Crippen molar-refractivity contribution in [3.63, 3.8) is 0 Å². The van der Waals surface area contributed by atoms with Crippen molar-refractivity contribution in [1.82, 2.24) is 10.2 Å². The number of rotatable bonds is 3. The van der Waals surface area contributed by atoms with E-state index >= 15 is 0 Å². The Balaban J connectivity index is 2.37. The van der Waals surface area contributed by atoms with E-state index in [0.29, 0.717) is 6.54 Å². The summed E-state index contributed by atoms with van der Waals surface area (Å²) >= 11 is 0. The Morgan fingerprint density at radius 2 is 2.32 bits per heavy atom. The predicted molar refractivity (Wildman–Crippen MR) is 70.6 cm³/mol. The molecular formula is C14H19FN2O2. The first kappa shape index (κ1) is 13.8. The molecule has 0 radical (unpaired) electrons. The highest BCUT2D eigenvalue weighted by atomic mass is 19.1. The van der Waals surface area contributed by atoms with E-state index in [9.17, 15) is 14.3 Å². The number of nitrogens with zero attached hydrogens (tertiary/aromatic N) is 1. The quantitative estimate of drug-likeness (QED) is 0.883. The summed E-state index contributed by atoms with van der Waals surface area (Å²) in [6, 6.07) is 4.38. The Kier molecular flexibility index (Phi) is 4.04. The van der Waals surface area contributed by atoms with Gasteiger partial charge in [0.1, 0.15) is 5.82 Å². The Bertz CT molecular complexity index is 479. The average molecular weight is 266 g/mol. The lowest BCUT2D eigenvalue weighted by atomic mass is 9.91. The van der Waals surface area contributed by atoms with Gasteiger partial charge >= 0.3 is 6.09 Å². The fourth-order valence-corrected chi connectivity index (χ4v) is 2.94. The van der Waals surface area contributed by atoms with E-state index in [1.165, 1.54) is 17.0 Å². The fourth-order valence-electron chi connectivity index (χ4n) is 2.94. The van der Waals surface area contributed by atoms with Crippen LogP contribution in [0.5, 0.6) is 0 Å². The molecule has 0 aliphatic carbocycles. The SMILES string of the molecule is CNCC1CCN(C(=O)O)C1c1ccc(F)cc1C. The molecule has 2 N–H and O–H groups in total. The second kappa shape index (κ2) is 5.57. The molecule has 2 atom stereocenters. The molecule has 1 fully saturated rings. The van der Waals surface area contributed by atoms with Crippen LogP contribution in [0, 0.1) is 18.7 Å². The third-order valence-corrected chi connectivity index (χ3v) is 3.79. The lowest BCUT2D eigenvalue weighted by Gasteiger charge is -2.27. The van der Waals surface area contributed by atoms with Gasteiger partial charge in [-0.15, -0.1) is 0 Å². The van der Waals surface area contributed by atoms with Gasteiger partial charge in [-0.3, -0.25) is 0 Å². The molecule has 1 amide bonds. The van der Waals surface area contributed by atoms with E-state index in [1.54, 1.807) is 6.07 Å². The van der Waals surface area contributed by atoms with Gasteiger partial charge in [-0.05, 0) is 49.6 Å². The second-order valence-electron chi connectivity index (χ2n) is 5.03. The molecule has 19 heavy (non-hydrogen) atoms. The third kappa shape index (κ3) is 2.71. The fraction of sp³-hybridized carbons (Fsp3) is 0.500. The van der Waals surface area contributed by atoms with Crippen LogP contribution < -0.4 is 5.32 Å². The van der Waals surface area contributed by atoms with Crippen molar-refractivity contribution in [2.45, 2.75) is 19.4 Å². The highest BCUT2D eigenvalue weighted by Gasteiger charge is 2.38. The zero-order valence-corrected chi connectivity index (χ0v) is 11.2. The van der Waals surface area contributed by atoms with Gasteiger partial charge in [-0.1, -0.05) is 6.07 Å². The number of hydrogen-bond acceptors (Lipinski definition) is 2. The molecule has 104 valence electrons. The highest BCUT2D eigenvalue weighted by Crippen LogP contribution is 2.38. The first-order valence-electron chi connectivity index (χ1n) is 6.44. The monoisotopic (exact) mass is 266 g/mol. The van der Waals surface area contributed by atoms with E-state index in [0.717, 1.165) is 24.1 Å². The van der Waals surface area contributed by atoms with Crippen molar-refractivity contribution in [1.29, 1.82) is 0 Å². The van der Waals surface area contributed by atoms with Gasteiger partial charge in [0.05, 0.1) is 6.04 Å². The minimum atomic E-state index is -0.910. The Labute approximate surface area is 112 Å². The van der Waals surface area contributed by atoms with Crippen LogP contribution >= 0.6 is 0 Å². The van der Waals surface area contributed by atoms with E-state index in [4.69, 9.17) is 0 Å². The molecule has 1 heterocycles. The summed E-state index contributed by atoms with van der Waals surface area (Å²) < 4.78 is 13.2. The van der Waals surface area contributed by atoms with Crippen molar-refractivity contribution >= 4 is 6.09 Å². The molecule has 1 aliphatic heterocycles. The predicted octanol–water partition coefficient (Wildman–Crippen LogP) is 2.39. The number of benzene rings is 1. The number of amides is 1. The molecular weight excluding hydrogens is 247 g/mol. The largest absolute Gasteiger partial charge is 0.465 e. The molecule has 1 aromatic carbocycles. The normalized spacial score (nSPS) is 22.8. The van der Waals surface area contributed by atoms with Crippen LogP contribution in [0.25, 0.3) is 0 Å². The molecule has 5 heteroatoms. The lowest BCUT2D eigenvalue weighted by molar-refractivity contribution is 0.134. The van der Waals surface area contributed by atoms with Gasteiger partial charge in [0.2, 0.25) is 0 Å². The number of hydrogen-bond donors (Lipinski definition) is 2. The number of halogens is 1. The maximum Gasteiger partial charge on any atom is 0.407 e. The maximum atomic E-state index is 13.2. The van der Waals surface area contributed by atoms with Crippen molar-refractivity contribution in [3.05, 3.63) is 35.1 Å². The summed E-state index contributed by atoms with van der Waals surface area (Å²) in [6.07, 6.45) is -0.0819. The van der Waals surface area contributed by atoms with Gasteiger partial charge in [-0.25, -0.2) is 9.18 Å². The second-order valence-corrected chi connectivity index (χ2v) is 5.03. The summed E-state index contributed by atoms with van der Waals surface area (Å²) in [6.45, 7) is 3.11. The van der Waals surface area contributed by atoms with Crippen LogP contribution in [-0.2, 0) is 0 Å². The minimum Gasteiger partial charge on any atom is -0.465 e. The number of carbonyl (C=O) groups is 1. The minimum absolute atomic E-state index is 0.189. The van der Waals surface area contributed by atoms with Crippen LogP contribution in [0.15, 0.2) is 18.2 Å². The molecule has 2 rings (SSSR count). The third-order valence-electron chi connectivity index (χ3n) is 3.79. The van der Waals surface area contributed by atoms with Crippen LogP contribution in [0.2, 0.25) is 0 Å². The zero-order valence-electron chi connectivity index (χ0n) is 11.2. The maximum absolute atomic E-state index is 13.2. The van der Waals surface area contributed by atoms with E-state index in [2.05, 4.69) is 5.32 Å². The molecule has 2 unspecified atom stereocenters. The van der Waals surface area contributed by atoms with Gasteiger partial charge in [0.25, 0.3) is 0 Å². The van der Waals surface area contributed by atoms with E-state index in [1.807, 2.05) is 14.0 Å². The van der Waals surface area contributed by atoms with E-state index in [-0.39, 0.29) is 17.8 Å². The van der Waals surface area contributed by atoms with Gasteiger partial charge in [0.15, 0.2) is 0 Å². The smallest absolute Gasteiger partial charge is 0.407 e. The number of carboxylic acid groups (broad SMARTS) is 1. The van der Waals surface area contributed by atoms with Gasteiger partial charge in [0, 0.05) is 13.1 Å². The molecule has 1 aromatic rings. The molecule has 1 aliphatic rings. The first-order chi connectivity index (χ1) is 9.04. The Morgan fingerprint density at radius 1 is 1.58 bits per heavy atom. The Morgan fingerprint density at radius 3 is 2.89 bits per heavy atom. The summed E-state index contributed by atoms with van der Waals surface area (Å²) in [7, 11) is 1.86. The van der Waals surface area contributed by atoms with Crippen molar-refractivity contribution < 1.29 is 14.3 Å². The first-order valence-corrected chi connectivity index (χ1v) is 6.44. The molecule has 0 bridgehead atoms. The van der Waals surface area contributed by atoms with Crippen LogP contribution in [0.3, 0.4) is 0 Å². The number of nitrogens with one attached hydrogen (secondary N) is 1. The zero-order chi connectivity index (χ0) is 14.0. The summed E-state index contributed by atoms with van der Waals surface area (Å²) in [5.74, 6) is -0.0588. The molecule has 0 spiro atoms.